The van der Waals surface area contributed by atoms with Gasteiger partial charge in [-0.2, -0.15) is 10.2 Å². The van der Waals surface area contributed by atoms with Gasteiger partial charge in [-0.1, -0.05) is 37.3 Å². The smallest absolute Gasteiger partial charge is 0.249 e. The molecule has 3 rings (SSSR count). The largest absolute Gasteiger partial charge is 0.321 e. The van der Waals surface area contributed by atoms with Crippen LogP contribution in [-0.2, 0) is 11.3 Å². The average molecular weight is 416 g/mol. The van der Waals surface area contributed by atoms with Gasteiger partial charge in [0.2, 0.25) is 5.91 Å². The molecule has 3 aromatic rings. The summed E-state index contributed by atoms with van der Waals surface area (Å²) in [5.41, 5.74) is 3.69. The van der Waals surface area contributed by atoms with E-state index in [1.54, 1.807) is 10.9 Å². The first-order chi connectivity index (χ1) is 12.5. The van der Waals surface area contributed by atoms with Crippen LogP contribution in [0.4, 0.5) is 5.69 Å². The Morgan fingerprint density at radius 1 is 1.27 bits per heavy atom. The fourth-order valence-electron chi connectivity index (χ4n) is 2.97. The molecule has 1 N–H and O–H groups in total. The maximum absolute atomic E-state index is 12.8. The zero-order valence-corrected chi connectivity index (χ0v) is 16.7. The van der Waals surface area contributed by atoms with Crippen molar-refractivity contribution in [2.75, 3.05) is 5.32 Å². The van der Waals surface area contributed by atoms with Gasteiger partial charge in [-0.25, -0.2) is 0 Å². The Bertz CT molecular complexity index is 900. The SMILES string of the molecule is CCC(C(=O)Nc1c(C)nn(Cc2ccccc2)c1C)n1cc(Br)cn1. The average Bonchev–Trinajstić information content (AvgIpc) is 3.15. The lowest BCUT2D eigenvalue weighted by Crippen LogP contribution is -2.26. The highest BCUT2D eigenvalue weighted by atomic mass is 79.9. The second kappa shape index (κ2) is 7.86. The van der Waals surface area contributed by atoms with Crippen molar-refractivity contribution in [3.05, 3.63) is 64.1 Å². The van der Waals surface area contributed by atoms with Crippen molar-refractivity contribution in [3.63, 3.8) is 0 Å². The molecule has 0 aliphatic heterocycles. The number of anilines is 1. The van der Waals surface area contributed by atoms with E-state index in [1.165, 1.54) is 5.56 Å². The van der Waals surface area contributed by atoms with E-state index in [2.05, 4.69) is 43.6 Å². The molecule has 0 aliphatic carbocycles. The lowest BCUT2D eigenvalue weighted by molar-refractivity contribution is -0.119. The number of benzene rings is 1. The highest BCUT2D eigenvalue weighted by Crippen LogP contribution is 2.23. The Morgan fingerprint density at radius 3 is 2.62 bits per heavy atom. The van der Waals surface area contributed by atoms with Crippen molar-refractivity contribution in [1.29, 1.82) is 0 Å². The van der Waals surface area contributed by atoms with Gasteiger partial charge >= 0.3 is 0 Å². The number of carbonyl (C=O) groups excluding carboxylic acids is 1. The molecule has 0 bridgehead atoms. The van der Waals surface area contributed by atoms with Crippen molar-refractivity contribution in [2.45, 2.75) is 39.8 Å². The summed E-state index contributed by atoms with van der Waals surface area (Å²) in [4.78, 5) is 12.8. The third-order valence-corrected chi connectivity index (χ3v) is 4.79. The normalized spacial score (nSPS) is 12.2. The minimum atomic E-state index is -0.363. The van der Waals surface area contributed by atoms with E-state index in [0.717, 1.165) is 21.5 Å². The summed E-state index contributed by atoms with van der Waals surface area (Å²) < 4.78 is 4.45. The fourth-order valence-corrected chi connectivity index (χ4v) is 3.27. The van der Waals surface area contributed by atoms with Gasteiger partial charge < -0.3 is 5.32 Å². The van der Waals surface area contributed by atoms with Crippen LogP contribution >= 0.6 is 15.9 Å². The second-order valence-corrected chi connectivity index (χ2v) is 7.16. The summed E-state index contributed by atoms with van der Waals surface area (Å²) >= 11 is 3.38. The van der Waals surface area contributed by atoms with E-state index in [9.17, 15) is 4.79 Å². The molecular formula is C19H22BrN5O. The molecular weight excluding hydrogens is 394 g/mol. The summed E-state index contributed by atoms with van der Waals surface area (Å²) in [6.07, 6.45) is 4.15. The first kappa shape index (κ1) is 18.4. The number of nitrogens with one attached hydrogen (secondary N) is 1. The third-order valence-electron chi connectivity index (χ3n) is 4.38. The molecule has 1 atom stereocenters. The van der Waals surface area contributed by atoms with Crippen LogP contribution in [-0.4, -0.2) is 25.5 Å². The van der Waals surface area contributed by atoms with E-state index >= 15 is 0 Å². The van der Waals surface area contributed by atoms with Gasteiger partial charge in [-0.15, -0.1) is 0 Å². The lowest BCUT2D eigenvalue weighted by Gasteiger charge is -2.15. The van der Waals surface area contributed by atoms with Crippen LogP contribution in [0.5, 0.6) is 0 Å². The molecule has 1 amide bonds. The number of hydrogen-bond donors (Lipinski definition) is 1. The van der Waals surface area contributed by atoms with E-state index in [0.29, 0.717) is 13.0 Å². The molecule has 1 unspecified atom stereocenters. The molecule has 6 nitrogen and oxygen atoms in total. The topological polar surface area (TPSA) is 64.7 Å². The molecule has 7 heteroatoms. The van der Waals surface area contributed by atoms with Crippen LogP contribution < -0.4 is 5.32 Å². The molecule has 0 radical (unpaired) electrons. The van der Waals surface area contributed by atoms with E-state index < -0.39 is 0 Å². The third kappa shape index (κ3) is 3.88. The second-order valence-electron chi connectivity index (χ2n) is 6.24. The van der Waals surface area contributed by atoms with Gasteiger partial charge in [-0.3, -0.25) is 14.2 Å². The minimum Gasteiger partial charge on any atom is -0.321 e. The Hall–Kier alpha value is -2.41. The first-order valence-corrected chi connectivity index (χ1v) is 9.37. The lowest BCUT2D eigenvalue weighted by atomic mass is 10.2. The highest BCUT2D eigenvalue weighted by Gasteiger charge is 2.22. The van der Waals surface area contributed by atoms with Crippen molar-refractivity contribution in [1.82, 2.24) is 19.6 Å². The Labute approximate surface area is 161 Å². The van der Waals surface area contributed by atoms with Gasteiger partial charge in [0, 0.05) is 6.20 Å². The van der Waals surface area contributed by atoms with Gasteiger partial charge in [0.25, 0.3) is 0 Å². The van der Waals surface area contributed by atoms with Crippen LogP contribution in [0.25, 0.3) is 0 Å². The molecule has 0 aliphatic rings. The van der Waals surface area contributed by atoms with E-state index in [1.807, 2.05) is 49.8 Å². The van der Waals surface area contributed by atoms with Crippen LogP contribution in [0.1, 0.15) is 36.3 Å². The number of carbonyl (C=O) groups is 1. The highest BCUT2D eigenvalue weighted by molar-refractivity contribution is 9.10. The Kier molecular flexibility index (Phi) is 5.56. The van der Waals surface area contributed by atoms with E-state index in [-0.39, 0.29) is 11.9 Å². The van der Waals surface area contributed by atoms with Crippen molar-refractivity contribution < 1.29 is 4.79 Å². The van der Waals surface area contributed by atoms with Crippen molar-refractivity contribution in [3.8, 4) is 0 Å². The number of nitrogens with zero attached hydrogens (tertiary/aromatic N) is 4. The summed E-state index contributed by atoms with van der Waals surface area (Å²) in [6.45, 7) is 6.53. The Morgan fingerprint density at radius 2 is 2.00 bits per heavy atom. The predicted octanol–water partition coefficient (Wildman–Crippen LogP) is 4.10. The zero-order chi connectivity index (χ0) is 18.7. The van der Waals surface area contributed by atoms with Crippen molar-refractivity contribution in [2.24, 2.45) is 0 Å². The van der Waals surface area contributed by atoms with Crippen LogP contribution in [0.15, 0.2) is 47.2 Å². The van der Waals surface area contributed by atoms with Crippen LogP contribution in [0, 0.1) is 13.8 Å². The van der Waals surface area contributed by atoms with Gasteiger partial charge in [-0.05, 0) is 41.8 Å². The predicted molar refractivity (Wildman–Crippen MR) is 105 cm³/mol. The van der Waals surface area contributed by atoms with Crippen LogP contribution in [0.2, 0.25) is 0 Å². The quantitative estimate of drug-likeness (QED) is 0.658. The van der Waals surface area contributed by atoms with Gasteiger partial charge in [0.15, 0.2) is 0 Å². The molecule has 26 heavy (non-hydrogen) atoms. The summed E-state index contributed by atoms with van der Waals surface area (Å²) in [7, 11) is 0. The molecule has 1 aromatic carbocycles. The number of hydrogen-bond acceptors (Lipinski definition) is 3. The maximum Gasteiger partial charge on any atom is 0.249 e. The van der Waals surface area contributed by atoms with Crippen LogP contribution in [0.3, 0.4) is 0 Å². The fraction of sp³-hybridized carbons (Fsp3) is 0.316. The number of aryl methyl sites for hydroxylation is 1. The molecule has 0 spiro atoms. The zero-order valence-electron chi connectivity index (χ0n) is 15.1. The first-order valence-electron chi connectivity index (χ1n) is 8.58. The molecule has 0 fully saturated rings. The number of amides is 1. The standard InChI is InChI=1S/C19H22BrN5O/c1-4-17(25-12-16(20)10-21-25)19(26)22-18-13(2)23-24(14(18)3)11-15-8-6-5-7-9-15/h5-10,12,17H,4,11H2,1-3H3,(H,22,26). The Balaban J connectivity index is 1.80. The molecule has 2 aromatic heterocycles. The monoisotopic (exact) mass is 415 g/mol. The van der Waals surface area contributed by atoms with Gasteiger partial charge in [0.1, 0.15) is 6.04 Å². The summed E-state index contributed by atoms with van der Waals surface area (Å²) in [5, 5.41) is 11.9. The van der Waals surface area contributed by atoms with Gasteiger partial charge in [0.05, 0.1) is 34.3 Å². The maximum atomic E-state index is 12.8. The minimum absolute atomic E-state index is 0.0893. The summed E-state index contributed by atoms with van der Waals surface area (Å²) in [6, 6.07) is 9.79. The summed E-state index contributed by atoms with van der Waals surface area (Å²) in [5.74, 6) is -0.0893. The molecule has 0 saturated heterocycles. The number of halogens is 1. The van der Waals surface area contributed by atoms with E-state index in [4.69, 9.17) is 0 Å². The molecule has 2 heterocycles. The van der Waals surface area contributed by atoms with Crippen molar-refractivity contribution >= 4 is 27.5 Å². The number of rotatable bonds is 6. The molecule has 136 valence electrons. The molecule has 0 saturated carbocycles. The number of aromatic nitrogens is 4.